The van der Waals surface area contributed by atoms with Gasteiger partial charge in [0.2, 0.25) is 0 Å². The first-order valence-corrected chi connectivity index (χ1v) is 7.56. The number of anilines is 2. The lowest BCUT2D eigenvalue weighted by atomic mass is 9.82. The molecular weight excluding hydrogens is 258 g/mol. The van der Waals surface area contributed by atoms with Gasteiger partial charge >= 0.3 is 0 Å². The maximum absolute atomic E-state index is 13.1. The molecule has 1 unspecified atom stereocenters. The van der Waals surface area contributed by atoms with E-state index in [1.165, 1.54) is 38.2 Å². The fourth-order valence-corrected chi connectivity index (χ4v) is 3.18. The van der Waals surface area contributed by atoms with Gasteiger partial charge in [-0.05, 0) is 43.4 Å². The van der Waals surface area contributed by atoms with Crippen molar-refractivity contribution in [3.63, 3.8) is 0 Å². The lowest BCUT2D eigenvalue weighted by Crippen LogP contribution is -2.30. The van der Waals surface area contributed by atoms with E-state index >= 15 is 0 Å². The molecule has 3 N–H and O–H groups in total. The van der Waals surface area contributed by atoms with Crippen LogP contribution in [0.15, 0.2) is 18.2 Å². The molecule has 0 heterocycles. The second-order valence-corrected chi connectivity index (χ2v) is 5.70. The molecule has 1 aromatic rings. The second kappa shape index (κ2) is 6.91. The van der Waals surface area contributed by atoms with Gasteiger partial charge in [0.15, 0.2) is 0 Å². The Morgan fingerprint density at radius 1 is 1.25 bits per heavy atom. The number of halogens is 2. The Kier molecular flexibility index (Phi) is 5.21. The lowest BCUT2D eigenvalue weighted by Gasteiger charge is -2.31. The molecule has 20 heavy (non-hydrogen) atoms. The Morgan fingerprint density at radius 2 is 1.95 bits per heavy atom. The first-order chi connectivity index (χ1) is 9.61. The van der Waals surface area contributed by atoms with Crippen molar-refractivity contribution in [2.24, 2.45) is 5.92 Å². The van der Waals surface area contributed by atoms with Crippen molar-refractivity contribution in [3.05, 3.63) is 23.8 Å². The summed E-state index contributed by atoms with van der Waals surface area (Å²) in [5, 5.41) is 3.34. The minimum atomic E-state index is -2.50. The van der Waals surface area contributed by atoms with E-state index in [0.717, 1.165) is 6.42 Å². The normalized spacial score (nSPS) is 18.2. The van der Waals surface area contributed by atoms with Crippen LogP contribution < -0.4 is 11.1 Å². The quantitative estimate of drug-likeness (QED) is 0.748. The van der Waals surface area contributed by atoms with E-state index < -0.39 is 6.43 Å². The van der Waals surface area contributed by atoms with E-state index in [1.54, 1.807) is 12.1 Å². The van der Waals surface area contributed by atoms with Gasteiger partial charge in [-0.2, -0.15) is 0 Å². The number of nitrogen functional groups attached to an aromatic ring is 1. The summed E-state index contributed by atoms with van der Waals surface area (Å²) in [4.78, 5) is 0. The largest absolute Gasteiger partial charge is 0.399 e. The molecule has 1 aliphatic carbocycles. The zero-order valence-corrected chi connectivity index (χ0v) is 12.0. The van der Waals surface area contributed by atoms with E-state index in [9.17, 15) is 8.78 Å². The first-order valence-electron chi connectivity index (χ1n) is 7.56. The van der Waals surface area contributed by atoms with E-state index in [1.807, 2.05) is 0 Å². The van der Waals surface area contributed by atoms with E-state index in [0.29, 0.717) is 17.3 Å². The summed E-state index contributed by atoms with van der Waals surface area (Å²) in [6.45, 7) is 2.12. The van der Waals surface area contributed by atoms with Gasteiger partial charge in [-0.3, -0.25) is 0 Å². The van der Waals surface area contributed by atoms with Gasteiger partial charge in [0.1, 0.15) is 0 Å². The molecule has 0 bridgehead atoms. The van der Waals surface area contributed by atoms with Crippen LogP contribution in [0.1, 0.15) is 57.4 Å². The Bertz CT molecular complexity index is 428. The molecule has 1 aliphatic rings. The average molecular weight is 282 g/mol. The van der Waals surface area contributed by atoms with E-state index in [2.05, 4.69) is 12.2 Å². The minimum absolute atomic E-state index is 0.0132. The Hall–Kier alpha value is -1.32. The van der Waals surface area contributed by atoms with Crippen LogP contribution in [0, 0.1) is 5.92 Å². The van der Waals surface area contributed by atoms with E-state index in [-0.39, 0.29) is 11.6 Å². The van der Waals surface area contributed by atoms with Crippen LogP contribution in [-0.4, -0.2) is 6.04 Å². The third kappa shape index (κ3) is 3.62. The van der Waals surface area contributed by atoms with Gasteiger partial charge in [0.05, 0.1) is 0 Å². The van der Waals surface area contributed by atoms with Crippen molar-refractivity contribution in [1.29, 1.82) is 0 Å². The molecular formula is C16H24F2N2. The summed E-state index contributed by atoms with van der Waals surface area (Å²) in [7, 11) is 0. The smallest absolute Gasteiger partial charge is 0.265 e. The molecule has 0 aromatic heterocycles. The molecule has 4 heteroatoms. The van der Waals surface area contributed by atoms with Crippen LogP contribution in [0.25, 0.3) is 0 Å². The lowest BCUT2D eigenvalue weighted by molar-refractivity contribution is 0.152. The van der Waals surface area contributed by atoms with Gasteiger partial charge in [0.25, 0.3) is 6.43 Å². The van der Waals surface area contributed by atoms with Crippen molar-refractivity contribution in [3.8, 4) is 0 Å². The highest BCUT2D eigenvalue weighted by atomic mass is 19.3. The summed E-state index contributed by atoms with van der Waals surface area (Å²) in [6.07, 6.45) is 4.67. The van der Waals surface area contributed by atoms with Gasteiger partial charge in [-0.15, -0.1) is 0 Å². The molecule has 1 atom stereocenters. The fraction of sp³-hybridized carbons (Fsp3) is 0.625. The molecule has 1 aromatic carbocycles. The zero-order valence-electron chi connectivity index (χ0n) is 12.0. The summed E-state index contributed by atoms with van der Waals surface area (Å²) < 4.78 is 26.2. The van der Waals surface area contributed by atoms with Crippen LogP contribution in [0.4, 0.5) is 20.2 Å². The second-order valence-electron chi connectivity index (χ2n) is 5.70. The minimum Gasteiger partial charge on any atom is -0.399 e. The van der Waals surface area contributed by atoms with Crippen molar-refractivity contribution in [2.75, 3.05) is 11.1 Å². The number of nitrogens with two attached hydrogens (primary N) is 1. The third-order valence-electron chi connectivity index (χ3n) is 4.31. The standard InChI is InChI=1S/C16H24F2N2/c1-2-14(11-6-4-3-5-7-11)20-15-9-8-12(19)10-13(15)16(17)18/h8-11,14,16,20H,2-7,19H2,1H3. The molecule has 112 valence electrons. The zero-order chi connectivity index (χ0) is 14.5. The van der Waals surface area contributed by atoms with Crippen LogP contribution in [-0.2, 0) is 0 Å². The summed E-state index contributed by atoms with van der Waals surface area (Å²) in [5.74, 6) is 0.594. The molecule has 1 saturated carbocycles. The van der Waals surface area contributed by atoms with Crippen LogP contribution in [0.3, 0.4) is 0 Å². The van der Waals surface area contributed by atoms with Gasteiger partial charge < -0.3 is 11.1 Å². The molecule has 2 rings (SSSR count). The molecule has 0 amide bonds. The average Bonchev–Trinajstić information content (AvgIpc) is 2.46. The highest BCUT2D eigenvalue weighted by molar-refractivity contribution is 5.59. The van der Waals surface area contributed by atoms with Gasteiger partial charge in [-0.25, -0.2) is 8.78 Å². The summed E-state index contributed by atoms with van der Waals surface area (Å²) in [5.41, 5.74) is 6.54. The van der Waals surface area contributed by atoms with Crippen LogP contribution >= 0.6 is 0 Å². The van der Waals surface area contributed by atoms with Crippen molar-refractivity contribution in [1.82, 2.24) is 0 Å². The molecule has 0 spiro atoms. The topological polar surface area (TPSA) is 38.0 Å². The summed E-state index contributed by atoms with van der Waals surface area (Å²) in [6, 6.07) is 5.02. The molecule has 0 radical (unpaired) electrons. The van der Waals surface area contributed by atoms with Crippen molar-refractivity contribution in [2.45, 2.75) is 57.9 Å². The molecule has 1 fully saturated rings. The highest BCUT2D eigenvalue weighted by Gasteiger charge is 2.24. The Morgan fingerprint density at radius 3 is 2.55 bits per heavy atom. The van der Waals surface area contributed by atoms with Gasteiger partial charge in [-0.1, -0.05) is 26.2 Å². The SMILES string of the molecule is CCC(Nc1ccc(N)cc1C(F)F)C1CCCCC1. The molecule has 0 aliphatic heterocycles. The number of hydrogen-bond acceptors (Lipinski definition) is 2. The number of nitrogens with one attached hydrogen (secondary N) is 1. The van der Waals surface area contributed by atoms with E-state index in [4.69, 9.17) is 5.73 Å². The van der Waals surface area contributed by atoms with Crippen molar-refractivity contribution >= 4 is 11.4 Å². The Balaban J connectivity index is 2.14. The van der Waals surface area contributed by atoms with Gasteiger partial charge in [0, 0.05) is 23.0 Å². The Labute approximate surface area is 119 Å². The van der Waals surface area contributed by atoms with Crippen LogP contribution in [0.2, 0.25) is 0 Å². The first kappa shape index (κ1) is 15.1. The third-order valence-corrected chi connectivity index (χ3v) is 4.31. The predicted molar refractivity (Wildman–Crippen MR) is 80.1 cm³/mol. The monoisotopic (exact) mass is 282 g/mol. The number of benzene rings is 1. The van der Waals surface area contributed by atoms with Crippen molar-refractivity contribution < 1.29 is 8.78 Å². The maximum atomic E-state index is 13.1. The molecule has 2 nitrogen and oxygen atoms in total. The summed E-state index contributed by atoms with van der Waals surface area (Å²) >= 11 is 0. The predicted octanol–water partition coefficient (Wildman–Crippen LogP) is 4.98. The fourth-order valence-electron chi connectivity index (χ4n) is 3.18. The maximum Gasteiger partial charge on any atom is 0.265 e. The highest BCUT2D eigenvalue weighted by Crippen LogP contribution is 2.33. The number of hydrogen-bond donors (Lipinski definition) is 2. The number of rotatable bonds is 5. The molecule has 0 saturated heterocycles. The van der Waals surface area contributed by atoms with Crippen LogP contribution in [0.5, 0.6) is 0 Å². The number of alkyl halides is 2.